The van der Waals surface area contributed by atoms with Crippen molar-refractivity contribution in [3.63, 3.8) is 0 Å². The minimum Gasteiger partial charge on any atom is -0.359 e. The SMILES string of the molecule is C[C@@H](Sc1ccccc1)C(=O)NNC(=S)NC1CCCC1. The van der Waals surface area contributed by atoms with E-state index in [9.17, 15) is 4.79 Å². The molecule has 0 aliphatic heterocycles. The van der Waals surface area contributed by atoms with E-state index >= 15 is 0 Å². The van der Waals surface area contributed by atoms with Crippen LogP contribution in [0.4, 0.5) is 0 Å². The van der Waals surface area contributed by atoms with Crippen LogP contribution in [0.5, 0.6) is 0 Å². The highest BCUT2D eigenvalue weighted by atomic mass is 32.2. The number of rotatable bonds is 4. The molecule has 1 fully saturated rings. The number of hydrogen-bond donors (Lipinski definition) is 3. The van der Waals surface area contributed by atoms with Crippen LogP contribution in [0.2, 0.25) is 0 Å². The van der Waals surface area contributed by atoms with Gasteiger partial charge in [0.05, 0.1) is 5.25 Å². The van der Waals surface area contributed by atoms with Gasteiger partial charge in [-0.05, 0) is 44.1 Å². The number of nitrogens with one attached hydrogen (secondary N) is 3. The van der Waals surface area contributed by atoms with Gasteiger partial charge in [0.2, 0.25) is 0 Å². The van der Waals surface area contributed by atoms with Gasteiger partial charge in [-0.3, -0.25) is 15.6 Å². The van der Waals surface area contributed by atoms with Gasteiger partial charge < -0.3 is 5.32 Å². The number of thioether (sulfide) groups is 1. The van der Waals surface area contributed by atoms with Crippen molar-refractivity contribution >= 4 is 35.0 Å². The first-order valence-corrected chi connectivity index (χ1v) is 8.52. The Morgan fingerprint density at radius 2 is 1.90 bits per heavy atom. The molecule has 0 aromatic heterocycles. The van der Waals surface area contributed by atoms with E-state index in [0.717, 1.165) is 17.7 Å². The van der Waals surface area contributed by atoms with Crippen molar-refractivity contribution in [2.75, 3.05) is 0 Å². The van der Waals surface area contributed by atoms with Crippen molar-refractivity contribution in [2.24, 2.45) is 0 Å². The topological polar surface area (TPSA) is 53.2 Å². The van der Waals surface area contributed by atoms with Crippen molar-refractivity contribution in [2.45, 2.75) is 48.8 Å². The van der Waals surface area contributed by atoms with Crippen LogP contribution in [0.15, 0.2) is 35.2 Å². The average Bonchev–Trinajstić information content (AvgIpc) is 2.98. The predicted molar refractivity (Wildman–Crippen MR) is 91.0 cm³/mol. The molecule has 1 atom stereocenters. The smallest absolute Gasteiger partial charge is 0.251 e. The van der Waals surface area contributed by atoms with Gasteiger partial charge in [0, 0.05) is 10.9 Å². The predicted octanol–water partition coefficient (Wildman–Crippen LogP) is 2.61. The Labute approximate surface area is 135 Å². The standard InChI is InChI=1S/C15H21N3OS2/c1-11(21-13-9-3-2-4-10-13)14(19)17-18-15(20)16-12-7-5-6-8-12/h2-4,9-12H,5-8H2,1H3,(H,17,19)(H2,16,18,20)/t11-/m1/s1. The quantitative estimate of drug-likeness (QED) is 0.452. The summed E-state index contributed by atoms with van der Waals surface area (Å²) >= 11 is 6.70. The van der Waals surface area contributed by atoms with Crippen LogP contribution in [0.1, 0.15) is 32.6 Å². The molecule has 0 saturated heterocycles. The maximum Gasteiger partial charge on any atom is 0.251 e. The molecule has 4 nitrogen and oxygen atoms in total. The molecule has 1 aromatic rings. The summed E-state index contributed by atoms with van der Waals surface area (Å²) in [5, 5.41) is 3.53. The van der Waals surface area contributed by atoms with E-state index in [1.807, 2.05) is 37.3 Å². The molecule has 0 unspecified atom stereocenters. The monoisotopic (exact) mass is 323 g/mol. The Bertz CT molecular complexity index is 475. The molecule has 1 amide bonds. The van der Waals surface area contributed by atoms with Crippen LogP contribution in [0, 0.1) is 0 Å². The largest absolute Gasteiger partial charge is 0.359 e. The fourth-order valence-corrected chi connectivity index (χ4v) is 3.37. The van der Waals surface area contributed by atoms with E-state index in [0.29, 0.717) is 11.2 Å². The maximum absolute atomic E-state index is 12.0. The van der Waals surface area contributed by atoms with Gasteiger partial charge >= 0.3 is 0 Å². The minimum absolute atomic E-state index is 0.0839. The highest BCUT2D eigenvalue weighted by molar-refractivity contribution is 8.00. The van der Waals surface area contributed by atoms with Gasteiger partial charge in [-0.15, -0.1) is 11.8 Å². The first-order chi connectivity index (χ1) is 10.1. The zero-order valence-corrected chi connectivity index (χ0v) is 13.7. The number of hydrogen-bond acceptors (Lipinski definition) is 3. The third kappa shape index (κ3) is 5.55. The number of amides is 1. The second kappa shape index (κ2) is 8.24. The lowest BCUT2D eigenvalue weighted by atomic mass is 10.3. The lowest BCUT2D eigenvalue weighted by Gasteiger charge is -2.17. The molecule has 114 valence electrons. The molecule has 1 saturated carbocycles. The van der Waals surface area contributed by atoms with Crippen molar-refractivity contribution in [3.8, 4) is 0 Å². The summed E-state index contributed by atoms with van der Waals surface area (Å²) in [5.74, 6) is -0.0839. The van der Waals surface area contributed by atoms with Gasteiger partial charge in [-0.1, -0.05) is 31.0 Å². The van der Waals surface area contributed by atoms with Crippen molar-refractivity contribution in [3.05, 3.63) is 30.3 Å². The fraction of sp³-hybridized carbons (Fsp3) is 0.467. The third-order valence-corrected chi connectivity index (χ3v) is 4.75. The molecular formula is C15H21N3OS2. The van der Waals surface area contributed by atoms with Crippen LogP contribution in [0.3, 0.4) is 0 Å². The van der Waals surface area contributed by atoms with Crippen LogP contribution in [-0.2, 0) is 4.79 Å². The lowest BCUT2D eigenvalue weighted by Crippen LogP contribution is -2.50. The fourth-order valence-electron chi connectivity index (χ4n) is 2.27. The molecule has 2 rings (SSSR count). The number of benzene rings is 1. The molecule has 3 N–H and O–H groups in total. The second-order valence-corrected chi connectivity index (χ2v) is 6.96. The molecule has 1 aliphatic rings. The van der Waals surface area contributed by atoms with Crippen LogP contribution in [-0.4, -0.2) is 22.3 Å². The van der Waals surface area contributed by atoms with Crippen LogP contribution >= 0.6 is 24.0 Å². The van der Waals surface area contributed by atoms with Crippen LogP contribution in [0.25, 0.3) is 0 Å². The normalized spacial score (nSPS) is 16.2. The summed E-state index contributed by atoms with van der Waals surface area (Å²) in [7, 11) is 0. The number of hydrazine groups is 1. The van der Waals surface area contributed by atoms with Gasteiger partial charge in [0.15, 0.2) is 5.11 Å². The van der Waals surface area contributed by atoms with E-state index in [2.05, 4.69) is 16.2 Å². The molecule has 21 heavy (non-hydrogen) atoms. The highest BCUT2D eigenvalue weighted by Crippen LogP contribution is 2.22. The van der Waals surface area contributed by atoms with Gasteiger partial charge in [-0.2, -0.15) is 0 Å². The van der Waals surface area contributed by atoms with Gasteiger partial charge in [0.1, 0.15) is 0 Å². The van der Waals surface area contributed by atoms with E-state index in [1.54, 1.807) is 0 Å². The number of carbonyl (C=O) groups is 1. The van der Waals surface area contributed by atoms with Crippen molar-refractivity contribution in [1.82, 2.24) is 16.2 Å². The summed E-state index contributed by atoms with van der Waals surface area (Å²) in [5.41, 5.74) is 5.45. The molecule has 0 heterocycles. The van der Waals surface area contributed by atoms with Gasteiger partial charge in [0.25, 0.3) is 5.91 Å². The molecule has 1 aliphatic carbocycles. The summed E-state index contributed by atoms with van der Waals surface area (Å²) in [6, 6.07) is 10.3. The van der Waals surface area contributed by atoms with Gasteiger partial charge in [-0.25, -0.2) is 0 Å². The van der Waals surface area contributed by atoms with E-state index < -0.39 is 0 Å². The summed E-state index contributed by atoms with van der Waals surface area (Å²) in [4.78, 5) is 13.1. The van der Waals surface area contributed by atoms with Crippen molar-refractivity contribution in [1.29, 1.82) is 0 Å². The zero-order valence-electron chi connectivity index (χ0n) is 12.1. The minimum atomic E-state index is -0.186. The zero-order chi connectivity index (χ0) is 15.1. The number of carbonyl (C=O) groups excluding carboxylic acids is 1. The Morgan fingerprint density at radius 1 is 1.24 bits per heavy atom. The first kappa shape index (κ1) is 16.1. The van der Waals surface area contributed by atoms with Crippen LogP contribution < -0.4 is 16.2 Å². The Balaban J connectivity index is 1.69. The molecule has 0 radical (unpaired) electrons. The Morgan fingerprint density at radius 3 is 2.57 bits per heavy atom. The molecule has 1 aromatic carbocycles. The second-order valence-electron chi connectivity index (χ2n) is 5.14. The molecular weight excluding hydrogens is 302 g/mol. The third-order valence-electron chi connectivity index (χ3n) is 3.41. The molecule has 0 bridgehead atoms. The number of thiocarbonyl (C=S) groups is 1. The Hall–Kier alpha value is -1.27. The lowest BCUT2D eigenvalue weighted by molar-refractivity contribution is -0.120. The maximum atomic E-state index is 12.0. The van der Waals surface area contributed by atoms with E-state index in [1.165, 1.54) is 24.6 Å². The summed E-state index contributed by atoms with van der Waals surface area (Å²) < 4.78 is 0. The average molecular weight is 323 g/mol. The summed E-state index contributed by atoms with van der Waals surface area (Å²) in [6.45, 7) is 1.88. The molecule has 6 heteroatoms. The van der Waals surface area contributed by atoms with Crippen molar-refractivity contribution < 1.29 is 4.79 Å². The summed E-state index contributed by atoms with van der Waals surface area (Å²) in [6.07, 6.45) is 4.79. The molecule has 0 spiro atoms. The van der Waals surface area contributed by atoms with E-state index in [4.69, 9.17) is 12.2 Å². The first-order valence-electron chi connectivity index (χ1n) is 7.23. The van der Waals surface area contributed by atoms with E-state index in [-0.39, 0.29) is 11.2 Å². The Kier molecular flexibility index (Phi) is 6.32. The highest BCUT2D eigenvalue weighted by Gasteiger charge is 2.17.